The highest BCUT2D eigenvalue weighted by Gasteiger charge is 2.09. The summed E-state index contributed by atoms with van der Waals surface area (Å²) in [6.07, 6.45) is 2.95. The Bertz CT molecular complexity index is 908. The SMILES string of the molecule is COc1ccc(C=NNC(=O)CSc2nc(N)cc3ncnn23)cc1. The van der Waals surface area contributed by atoms with E-state index in [1.54, 1.807) is 19.4 Å². The molecule has 1 aromatic carbocycles. The molecular formula is C15H15N7O2S. The number of ether oxygens (including phenoxy) is 1. The van der Waals surface area contributed by atoms with Gasteiger partial charge in [0.2, 0.25) is 0 Å². The zero-order chi connectivity index (χ0) is 17.6. The van der Waals surface area contributed by atoms with Crippen molar-refractivity contribution in [1.29, 1.82) is 0 Å². The number of benzene rings is 1. The second kappa shape index (κ2) is 7.62. The Balaban J connectivity index is 1.55. The molecule has 25 heavy (non-hydrogen) atoms. The maximum Gasteiger partial charge on any atom is 0.250 e. The number of hydrogen-bond donors (Lipinski definition) is 2. The highest BCUT2D eigenvalue weighted by molar-refractivity contribution is 7.99. The predicted molar refractivity (Wildman–Crippen MR) is 94.6 cm³/mol. The molecule has 128 valence electrons. The lowest BCUT2D eigenvalue weighted by Crippen LogP contribution is -2.20. The van der Waals surface area contributed by atoms with Gasteiger partial charge in [-0.25, -0.2) is 15.4 Å². The number of amides is 1. The van der Waals surface area contributed by atoms with Crippen molar-refractivity contribution in [3.05, 3.63) is 42.2 Å². The van der Waals surface area contributed by atoms with Gasteiger partial charge >= 0.3 is 0 Å². The second-order valence-corrected chi connectivity index (χ2v) is 5.79. The van der Waals surface area contributed by atoms with Crippen LogP contribution in [0.4, 0.5) is 5.82 Å². The molecule has 2 heterocycles. The average molecular weight is 357 g/mol. The number of methoxy groups -OCH3 is 1. The van der Waals surface area contributed by atoms with E-state index >= 15 is 0 Å². The second-order valence-electron chi connectivity index (χ2n) is 4.85. The Morgan fingerprint density at radius 1 is 1.44 bits per heavy atom. The van der Waals surface area contributed by atoms with Crippen molar-refractivity contribution < 1.29 is 9.53 Å². The molecule has 0 saturated heterocycles. The number of anilines is 1. The van der Waals surface area contributed by atoms with Crippen molar-refractivity contribution >= 4 is 35.3 Å². The number of rotatable bonds is 6. The minimum absolute atomic E-state index is 0.116. The van der Waals surface area contributed by atoms with Gasteiger partial charge in [-0.15, -0.1) is 0 Å². The lowest BCUT2D eigenvalue weighted by atomic mass is 10.2. The van der Waals surface area contributed by atoms with Crippen molar-refractivity contribution in [2.45, 2.75) is 5.16 Å². The smallest absolute Gasteiger partial charge is 0.250 e. The van der Waals surface area contributed by atoms with Crippen molar-refractivity contribution in [1.82, 2.24) is 25.0 Å². The van der Waals surface area contributed by atoms with Crippen LogP contribution in [0.25, 0.3) is 5.65 Å². The molecule has 1 amide bonds. The van der Waals surface area contributed by atoms with Gasteiger partial charge in [-0.3, -0.25) is 4.79 Å². The average Bonchev–Trinajstić information content (AvgIpc) is 3.08. The number of nitrogens with zero attached hydrogens (tertiary/aromatic N) is 5. The summed E-state index contributed by atoms with van der Waals surface area (Å²) in [7, 11) is 1.60. The molecule has 2 aromatic heterocycles. The van der Waals surface area contributed by atoms with Crippen molar-refractivity contribution in [3.8, 4) is 5.75 Å². The van der Waals surface area contributed by atoms with Crippen molar-refractivity contribution in [2.75, 3.05) is 18.6 Å². The van der Waals surface area contributed by atoms with E-state index < -0.39 is 0 Å². The molecule has 9 nitrogen and oxygen atoms in total. The summed E-state index contributed by atoms with van der Waals surface area (Å²) in [5.74, 6) is 0.922. The minimum atomic E-state index is -0.271. The van der Waals surface area contributed by atoms with Gasteiger partial charge in [-0.2, -0.15) is 14.7 Å². The molecule has 0 spiro atoms. The summed E-state index contributed by atoms with van der Waals surface area (Å²) in [5.41, 5.74) is 9.60. The molecule has 0 aliphatic carbocycles. The summed E-state index contributed by atoms with van der Waals surface area (Å²) < 4.78 is 6.60. The van der Waals surface area contributed by atoms with E-state index in [9.17, 15) is 4.79 Å². The zero-order valence-corrected chi connectivity index (χ0v) is 14.1. The van der Waals surface area contributed by atoms with Crippen LogP contribution in [0.1, 0.15) is 5.56 Å². The van der Waals surface area contributed by atoms with E-state index in [1.807, 2.05) is 24.3 Å². The summed E-state index contributed by atoms with van der Waals surface area (Å²) in [6, 6.07) is 8.90. The monoisotopic (exact) mass is 357 g/mol. The first-order valence-electron chi connectivity index (χ1n) is 7.21. The quantitative estimate of drug-likeness (QED) is 0.292. The van der Waals surface area contributed by atoms with E-state index in [-0.39, 0.29) is 11.7 Å². The van der Waals surface area contributed by atoms with Gasteiger partial charge in [-0.1, -0.05) is 11.8 Å². The Hall–Kier alpha value is -3.14. The number of thioether (sulfide) groups is 1. The molecule has 3 N–H and O–H groups in total. The summed E-state index contributed by atoms with van der Waals surface area (Å²) in [4.78, 5) is 20.1. The molecule has 0 saturated carbocycles. The maximum atomic E-state index is 11.9. The molecule has 0 bridgehead atoms. The summed E-state index contributed by atoms with van der Waals surface area (Å²) >= 11 is 1.19. The van der Waals surface area contributed by atoms with Gasteiger partial charge in [0.15, 0.2) is 10.8 Å². The number of fused-ring (bicyclic) bond motifs is 1. The van der Waals surface area contributed by atoms with E-state index in [0.29, 0.717) is 16.6 Å². The normalized spacial score (nSPS) is 11.1. The predicted octanol–water partition coefficient (Wildman–Crippen LogP) is 0.957. The Labute approximate surface area is 147 Å². The third-order valence-corrected chi connectivity index (χ3v) is 4.04. The van der Waals surface area contributed by atoms with Crippen LogP contribution in [0.2, 0.25) is 0 Å². The molecule has 0 unspecified atom stereocenters. The molecule has 3 rings (SSSR count). The van der Waals surface area contributed by atoms with E-state index in [4.69, 9.17) is 10.5 Å². The van der Waals surface area contributed by atoms with Crippen LogP contribution in [0.5, 0.6) is 5.75 Å². The van der Waals surface area contributed by atoms with Crippen LogP contribution in [-0.4, -0.2) is 44.6 Å². The van der Waals surface area contributed by atoms with Crippen LogP contribution in [0, 0.1) is 0 Å². The summed E-state index contributed by atoms with van der Waals surface area (Å²) in [6.45, 7) is 0. The van der Waals surface area contributed by atoms with Crippen molar-refractivity contribution in [2.24, 2.45) is 5.10 Å². The van der Waals surface area contributed by atoms with Crippen LogP contribution < -0.4 is 15.9 Å². The number of nitrogens with two attached hydrogens (primary N) is 1. The lowest BCUT2D eigenvalue weighted by Gasteiger charge is -2.03. The van der Waals surface area contributed by atoms with Crippen LogP contribution in [0.3, 0.4) is 0 Å². The van der Waals surface area contributed by atoms with Gasteiger partial charge in [0.25, 0.3) is 5.91 Å². The molecule has 0 aliphatic heterocycles. The van der Waals surface area contributed by atoms with Crippen LogP contribution in [0.15, 0.2) is 46.9 Å². The Morgan fingerprint density at radius 2 is 2.24 bits per heavy atom. The molecule has 0 radical (unpaired) electrons. The van der Waals surface area contributed by atoms with Gasteiger partial charge < -0.3 is 10.5 Å². The zero-order valence-electron chi connectivity index (χ0n) is 13.3. The Kier molecular flexibility index (Phi) is 5.09. The molecule has 0 fully saturated rings. The fourth-order valence-corrected chi connectivity index (χ4v) is 2.70. The number of hydrogen-bond acceptors (Lipinski definition) is 8. The lowest BCUT2D eigenvalue weighted by molar-refractivity contribution is -0.118. The summed E-state index contributed by atoms with van der Waals surface area (Å²) in [5, 5.41) is 8.46. The number of nitrogen functional groups attached to an aromatic ring is 1. The standard InChI is InChI=1S/C15H15N7O2S/c1-24-11-4-2-10(3-5-11)7-18-21-14(23)8-25-15-20-12(16)6-13-17-9-19-22(13)15/h2-7,9H,8,16H2,1H3,(H,21,23). The van der Waals surface area contributed by atoms with E-state index in [0.717, 1.165) is 11.3 Å². The van der Waals surface area contributed by atoms with Gasteiger partial charge in [0.1, 0.15) is 17.9 Å². The first-order chi connectivity index (χ1) is 12.2. The fourth-order valence-electron chi connectivity index (χ4n) is 1.94. The van der Waals surface area contributed by atoms with Crippen molar-refractivity contribution in [3.63, 3.8) is 0 Å². The first kappa shape index (κ1) is 16.7. The minimum Gasteiger partial charge on any atom is -0.497 e. The Morgan fingerprint density at radius 3 is 3.00 bits per heavy atom. The number of carbonyl (C=O) groups is 1. The highest BCUT2D eigenvalue weighted by Crippen LogP contribution is 2.17. The number of hydrazone groups is 1. The molecule has 3 aromatic rings. The van der Waals surface area contributed by atoms with Gasteiger partial charge in [0.05, 0.1) is 19.1 Å². The fraction of sp³-hybridized carbons (Fsp3) is 0.133. The molecule has 10 heteroatoms. The number of nitrogens with one attached hydrogen (secondary N) is 1. The third kappa shape index (κ3) is 4.23. The molecule has 0 aliphatic rings. The van der Waals surface area contributed by atoms with Crippen LogP contribution >= 0.6 is 11.8 Å². The topological polar surface area (TPSA) is 120 Å². The molecule has 0 atom stereocenters. The van der Waals surface area contributed by atoms with Gasteiger partial charge in [-0.05, 0) is 29.8 Å². The number of carbonyl (C=O) groups excluding carboxylic acids is 1. The molecular weight excluding hydrogens is 342 g/mol. The van der Waals surface area contributed by atoms with E-state index in [2.05, 4.69) is 25.6 Å². The maximum absolute atomic E-state index is 11.9. The van der Waals surface area contributed by atoms with Gasteiger partial charge in [0, 0.05) is 6.07 Å². The van der Waals surface area contributed by atoms with Crippen LogP contribution in [-0.2, 0) is 4.79 Å². The first-order valence-corrected chi connectivity index (χ1v) is 8.19. The van der Waals surface area contributed by atoms with E-state index in [1.165, 1.54) is 22.6 Å². The number of aromatic nitrogens is 4. The largest absolute Gasteiger partial charge is 0.497 e. The third-order valence-electron chi connectivity index (χ3n) is 3.11. The highest BCUT2D eigenvalue weighted by atomic mass is 32.2.